The zero-order chi connectivity index (χ0) is 11.9. The highest BCUT2D eigenvalue weighted by Gasteiger charge is 2.43. The third-order valence-corrected chi connectivity index (χ3v) is 3.40. The average Bonchev–Trinajstić information content (AvgIpc) is 2.70. The molecule has 1 aromatic carbocycles. The minimum absolute atomic E-state index is 0.0941. The molecule has 5 nitrogen and oxygen atoms in total. The van der Waals surface area contributed by atoms with Crippen LogP contribution in [0.5, 0.6) is 17.2 Å². The van der Waals surface area contributed by atoms with E-state index in [1.54, 1.807) is 12.1 Å². The second kappa shape index (κ2) is 3.50. The monoisotopic (exact) mass is 233 g/mol. The molecule has 17 heavy (non-hydrogen) atoms. The first-order valence-corrected chi connectivity index (χ1v) is 5.47. The highest BCUT2D eigenvalue weighted by Crippen LogP contribution is 2.52. The minimum Gasteiger partial charge on any atom is -0.508 e. The van der Waals surface area contributed by atoms with Crippen LogP contribution in [-0.2, 0) is 10.3 Å². The van der Waals surface area contributed by atoms with Crippen LogP contribution in [0.4, 0.5) is 0 Å². The maximum absolute atomic E-state index is 10.5. The van der Waals surface area contributed by atoms with Gasteiger partial charge in [-0.3, -0.25) is 0 Å². The molecule has 88 valence electrons. The molecule has 0 unspecified atom stereocenters. The lowest BCUT2D eigenvalue weighted by Crippen LogP contribution is -2.32. The van der Waals surface area contributed by atoms with Crippen LogP contribution in [-0.4, -0.2) is 18.0 Å². The maximum atomic E-state index is 10.5. The van der Waals surface area contributed by atoms with E-state index in [9.17, 15) is 9.90 Å². The number of hydrogen-bond donors (Lipinski definition) is 1. The molecular formula is C12H11NO4. The molecular weight excluding hydrogens is 222 g/mol. The third-order valence-electron chi connectivity index (χ3n) is 3.40. The van der Waals surface area contributed by atoms with Crippen molar-refractivity contribution in [3.63, 3.8) is 0 Å². The summed E-state index contributed by atoms with van der Waals surface area (Å²) in [5.74, 6) is 1.19. The van der Waals surface area contributed by atoms with Crippen LogP contribution in [0.2, 0.25) is 0 Å². The summed E-state index contributed by atoms with van der Waals surface area (Å²) in [5, 5.41) is 9.65. The van der Waals surface area contributed by atoms with Crippen molar-refractivity contribution in [2.45, 2.75) is 24.8 Å². The van der Waals surface area contributed by atoms with Gasteiger partial charge in [0.1, 0.15) is 11.3 Å². The lowest BCUT2D eigenvalue weighted by molar-refractivity contribution is 0.168. The summed E-state index contributed by atoms with van der Waals surface area (Å²) >= 11 is 0. The van der Waals surface area contributed by atoms with Gasteiger partial charge in [-0.05, 0) is 25.3 Å². The summed E-state index contributed by atoms with van der Waals surface area (Å²) in [6, 6.07) is 3.09. The Hall–Kier alpha value is -2.00. The number of aromatic hydroxyl groups is 1. The minimum atomic E-state index is -0.585. The number of phenols is 1. The van der Waals surface area contributed by atoms with Crippen molar-refractivity contribution in [2.75, 3.05) is 6.79 Å². The van der Waals surface area contributed by atoms with E-state index in [1.807, 2.05) is 0 Å². The fourth-order valence-electron chi connectivity index (χ4n) is 2.38. The number of nitrogens with zero attached hydrogens (tertiary/aromatic N) is 1. The molecule has 1 N–H and O–H groups in total. The van der Waals surface area contributed by atoms with Gasteiger partial charge in [0.15, 0.2) is 11.5 Å². The number of rotatable bonds is 2. The Labute approximate surface area is 97.7 Å². The van der Waals surface area contributed by atoms with Gasteiger partial charge >= 0.3 is 0 Å². The number of ether oxygens (including phenoxy) is 2. The molecule has 0 atom stereocenters. The van der Waals surface area contributed by atoms with E-state index in [0.717, 1.165) is 24.8 Å². The van der Waals surface area contributed by atoms with E-state index in [1.165, 1.54) is 6.07 Å². The van der Waals surface area contributed by atoms with Crippen LogP contribution in [0.25, 0.3) is 0 Å². The van der Waals surface area contributed by atoms with Crippen LogP contribution >= 0.6 is 0 Å². The van der Waals surface area contributed by atoms with Gasteiger partial charge in [0.25, 0.3) is 0 Å². The summed E-state index contributed by atoms with van der Waals surface area (Å²) in [7, 11) is 0. The van der Waals surface area contributed by atoms with Gasteiger partial charge in [-0.1, -0.05) is 0 Å². The van der Waals surface area contributed by atoms with E-state index in [-0.39, 0.29) is 12.5 Å². The van der Waals surface area contributed by atoms with E-state index in [2.05, 4.69) is 4.99 Å². The van der Waals surface area contributed by atoms with Crippen molar-refractivity contribution in [3.8, 4) is 17.2 Å². The van der Waals surface area contributed by atoms with Crippen molar-refractivity contribution in [1.82, 2.24) is 0 Å². The van der Waals surface area contributed by atoms with E-state index >= 15 is 0 Å². The largest absolute Gasteiger partial charge is 0.508 e. The van der Waals surface area contributed by atoms with Crippen molar-refractivity contribution >= 4 is 6.08 Å². The zero-order valence-corrected chi connectivity index (χ0v) is 9.10. The van der Waals surface area contributed by atoms with Crippen LogP contribution < -0.4 is 9.47 Å². The molecule has 0 aromatic heterocycles. The topological polar surface area (TPSA) is 68.1 Å². The summed E-state index contributed by atoms with van der Waals surface area (Å²) < 4.78 is 10.6. The second-order valence-electron chi connectivity index (χ2n) is 4.32. The molecule has 0 amide bonds. The van der Waals surface area contributed by atoms with Crippen LogP contribution in [0.3, 0.4) is 0 Å². The number of isocyanates is 1. The number of fused-ring (bicyclic) bond motifs is 1. The van der Waals surface area contributed by atoms with Crippen molar-refractivity contribution in [2.24, 2.45) is 4.99 Å². The first kappa shape index (κ1) is 10.2. The Morgan fingerprint density at radius 1 is 1.35 bits per heavy atom. The quantitative estimate of drug-likeness (QED) is 0.625. The summed E-state index contributed by atoms with van der Waals surface area (Å²) in [5.41, 5.74) is 0.137. The van der Waals surface area contributed by atoms with Crippen molar-refractivity contribution in [3.05, 3.63) is 17.7 Å². The molecule has 1 aliphatic heterocycles. The zero-order valence-electron chi connectivity index (χ0n) is 9.10. The molecule has 2 aliphatic rings. The standard InChI is InChI=1S/C12H11NO4/c14-6-13-12(2-1-3-12)9-4-8(15)5-10-11(9)17-7-16-10/h4-5,15H,1-3,7H2. The van der Waals surface area contributed by atoms with Crippen molar-refractivity contribution in [1.29, 1.82) is 0 Å². The Morgan fingerprint density at radius 2 is 2.18 bits per heavy atom. The highest BCUT2D eigenvalue weighted by molar-refractivity contribution is 5.57. The summed E-state index contributed by atoms with van der Waals surface area (Å²) in [6.07, 6.45) is 4.14. The molecule has 1 saturated carbocycles. The molecule has 0 saturated heterocycles. The maximum Gasteiger partial charge on any atom is 0.235 e. The van der Waals surface area contributed by atoms with Crippen LogP contribution in [0.15, 0.2) is 17.1 Å². The predicted molar refractivity (Wildman–Crippen MR) is 57.9 cm³/mol. The van der Waals surface area contributed by atoms with Gasteiger partial charge < -0.3 is 14.6 Å². The van der Waals surface area contributed by atoms with Gasteiger partial charge in [0.2, 0.25) is 12.9 Å². The summed E-state index contributed by atoms with van der Waals surface area (Å²) in [4.78, 5) is 14.4. The molecule has 0 spiro atoms. The Bertz CT molecular complexity index is 515. The SMILES string of the molecule is O=C=NC1(c2cc(O)cc3c2OCO3)CCC1. The molecule has 1 heterocycles. The Kier molecular flexibility index (Phi) is 2.09. The Morgan fingerprint density at radius 3 is 2.82 bits per heavy atom. The smallest absolute Gasteiger partial charge is 0.235 e. The molecule has 1 aliphatic carbocycles. The van der Waals surface area contributed by atoms with Crippen LogP contribution in [0.1, 0.15) is 24.8 Å². The molecule has 5 heteroatoms. The Balaban J connectivity index is 2.17. The lowest BCUT2D eigenvalue weighted by atomic mass is 9.72. The average molecular weight is 233 g/mol. The first-order chi connectivity index (χ1) is 8.25. The van der Waals surface area contributed by atoms with Crippen LogP contribution in [0, 0.1) is 0 Å². The molecule has 1 aromatic rings. The van der Waals surface area contributed by atoms with E-state index in [0.29, 0.717) is 11.5 Å². The number of aliphatic imine (C=N–C) groups is 1. The van der Waals surface area contributed by atoms with E-state index in [4.69, 9.17) is 9.47 Å². The molecule has 0 radical (unpaired) electrons. The number of hydrogen-bond acceptors (Lipinski definition) is 5. The molecule has 0 bridgehead atoms. The number of phenolic OH excluding ortho intramolecular Hbond substituents is 1. The van der Waals surface area contributed by atoms with Gasteiger partial charge in [0, 0.05) is 11.6 Å². The van der Waals surface area contributed by atoms with Gasteiger partial charge in [-0.15, -0.1) is 0 Å². The van der Waals surface area contributed by atoms with Crippen molar-refractivity contribution < 1.29 is 19.4 Å². The van der Waals surface area contributed by atoms with Gasteiger partial charge in [-0.25, -0.2) is 4.79 Å². The summed E-state index contributed by atoms with van der Waals surface area (Å²) in [6.45, 7) is 0.132. The third kappa shape index (κ3) is 1.40. The van der Waals surface area contributed by atoms with Gasteiger partial charge in [0.05, 0.1) is 0 Å². The highest BCUT2D eigenvalue weighted by atomic mass is 16.7. The lowest BCUT2D eigenvalue weighted by Gasteiger charge is -2.37. The predicted octanol–water partition coefficient (Wildman–Crippen LogP) is 1.84. The fraction of sp³-hybridized carbons (Fsp3) is 0.417. The fourth-order valence-corrected chi connectivity index (χ4v) is 2.38. The van der Waals surface area contributed by atoms with E-state index < -0.39 is 5.54 Å². The van der Waals surface area contributed by atoms with Gasteiger partial charge in [-0.2, -0.15) is 4.99 Å². The first-order valence-electron chi connectivity index (χ1n) is 5.47. The second-order valence-corrected chi connectivity index (χ2v) is 4.32. The molecule has 1 fully saturated rings. The number of benzene rings is 1. The number of carbonyl (C=O) groups excluding carboxylic acids is 1. The normalized spacial score (nSPS) is 19.3. The molecule has 3 rings (SSSR count).